The number of H-pyrrole nitrogens is 2. The molecule has 0 aliphatic carbocycles. The second kappa shape index (κ2) is 6.26. The molecule has 3 aromatic heterocycles. The van der Waals surface area contributed by atoms with Crippen LogP contribution in [0.15, 0.2) is 18.3 Å². The van der Waals surface area contributed by atoms with E-state index < -0.39 is 0 Å². The molecule has 9 nitrogen and oxygen atoms in total. The molecular weight excluding hydrogens is 322 g/mol. The summed E-state index contributed by atoms with van der Waals surface area (Å²) in [4.78, 5) is 19.3. The number of pyridine rings is 1. The van der Waals surface area contributed by atoms with Crippen LogP contribution in [-0.2, 0) is 4.74 Å². The van der Waals surface area contributed by atoms with Crippen molar-refractivity contribution < 1.29 is 9.53 Å². The zero-order valence-corrected chi connectivity index (χ0v) is 13.8. The van der Waals surface area contributed by atoms with E-state index in [1.54, 1.807) is 12.3 Å². The molecule has 1 atom stereocenters. The topological polar surface area (TPSA) is 126 Å². The van der Waals surface area contributed by atoms with Crippen LogP contribution in [-0.4, -0.2) is 63.5 Å². The van der Waals surface area contributed by atoms with Crippen LogP contribution >= 0.6 is 0 Å². The summed E-state index contributed by atoms with van der Waals surface area (Å²) in [7, 11) is 0. The van der Waals surface area contributed by atoms with Gasteiger partial charge in [0.25, 0.3) is 0 Å². The molecule has 1 aliphatic rings. The molecule has 0 bridgehead atoms. The Kier molecular flexibility index (Phi) is 3.94. The van der Waals surface area contributed by atoms with Gasteiger partial charge in [-0.1, -0.05) is 0 Å². The third kappa shape index (κ3) is 2.67. The second-order valence-electron chi connectivity index (χ2n) is 6.03. The maximum atomic E-state index is 12.4. The minimum absolute atomic E-state index is 0.0754. The molecule has 1 saturated heterocycles. The van der Waals surface area contributed by atoms with Crippen LogP contribution in [0.25, 0.3) is 22.4 Å². The van der Waals surface area contributed by atoms with E-state index in [9.17, 15) is 4.79 Å². The molecule has 9 heteroatoms. The van der Waals surface area contributed by atoms with Crippen LogP contribution in [0.4, 0.5) is 5.82 Å². The molecule has 0 radical (unpaired) electrons. The third-order valence-corrected chi connectivity index (χ3v) is 4.40. The Morgan fingerprint density at radius 2 is 2.36 bits per heavy atom. The Morgan fingerprint density at radius 1 is 1.48 bits per heavy atom. The zero-order valence-electron chi connectivity index (χ0n) is 13.8. The van der Waals surface area contributed by atoms with Crippen molar-refractivity contribution in [2.75, 3.05) is 31.2 Å². The fraction of sp³-hybridized carbons (Fsp3) is 0.375. The van der Waals surface area contributed by atoms with E-state index in [0.29, 0.717) is 47.7 Å². The molecule has 0 spiro atoms. The third-order valence-electron chi connectivity index (χ3n) is 4.40. The number of ketones is 1. The minimum Gasteiger partial charge on any atom is -0.377 e. The largest absolute Gasteiger partial charge is 0.377 e. The number of rotatable bonds is 4. The van der Waals surface area contributed by atoms with E-state index in [-0.39, 0.29) is 18.4 Å². The number of aromatic nitrogens is 5. The van der Waals surface area contributed by atoms with Gasteiger partial charge in [0.05, 0.1) is 31.3 Å². The number of nitrogens with zero attached hydrogens (tertiary/aromatic N) is 4. The van der Waals surface area contributed by atoms with Crippen molar-refractivity contribution in [1.82, 2.24) is 25.4 Å². The molecule has 4 N–H and O–H groups in total. The Labute approximate surface area is 143 Å². The first-order chi connectivity index (χ1) is 12.2. The monoisotopic (exact) mass is 341 g/mol. The van der Waals surface area contributed by atoms with E-state index in [1.165, 1.54) is 0 Å². The standard InChI is InChI=1S/C16H19N7O2/c1-9-8-25-5-4-23(9)13-6-10(12(24)7-17)14-16(19-13)15(22-21-14)11-2-3-18-20-11/h2-3,6,9H,4-5,7-8,17H2,1H3,(H,18,20)(H,21,22). The minimum atomic E-state index is -0.160. The van der Waals surface area contributed by atoms with Gasteiger partial charge < -0.3 is 15.4 Å². The van der Waals surface area contributed by atoms with Crippen molar-refractivity contribution in [1.29, 1.82) is 0 Å². The number of aromatic amines is 2. The van der Waals surface area contributed by atoms with E-state index in [0.717, 1.165) is 5.82 Å². The van der Waals surface area contributed by atoms with Gasteiger partial charge in [-0.2, -0.15) is 10.2 Å². The quantitative estimate of drug-likeness (QED) is 0.597. The van der Waals surface area contributed by atoms with Crippen LogP contribution in [0, 0.1) is 0 Å². The van der Waals surface area contributed by atoms with Crippen molar-refractivity contribution in [2.24, 2.45) is 5.73 Å². The molecule has 0 aromatic carbocycles. The SMILES string of the molecule is CC1COCCN1c1cc(C(=O)CN)c2[nH]nc(-c3cc[nH]n3)c2n1. The average molecular weight is 341 g/mol. The smallest absolute Gasteiger partial charge is 0.178 e. The highest BCUT2D eigenvalue weighted by molar-refractivity contribution is 6.09. The summed E-state index contributed by atoms with van der Waals surface area (Å²) in [5.74, 6) is 0.560. The highest BCUT2D eigenvalue weighted by Gasteiger charge is 2.25. The van der Waals surface area contributed by atoms with Crippen molar-refractivity contribution in [2.45, 2.75) is 13.0 Å². The van der Waals surface area contributed by atoms with E-state index in [4.69, 9.17) is 15.5 Å². The van der Waals surface area contributed by atoms with Crippen LogP contribution in [0.2, 0.25) is 0 Å². The lowest BCUT2D eigenvalue weighted by Crippen LogP contribution is -2.44. The molecule has 130 valence electrons. The van der Waals surface area contributed by atoms with Crippen molar-refractivity contribution in [3.63, 3.8) is 0 Å². The first-order valence-electron chi connectivity index (χ1n) is 8.16. The second-order valence-corrected chi connectivity index (χ2v) is 6.03. The van der Waals surface area contributed by atoms with Gasteiger partial charge in [-0.3, -0.25) is 15.0 Å². The first-order valence-corrected chi connectivity index (χ1v) is 8.16. The van der Waals surface area contributed by atoms with Crippen LogP contribution in [0.3, 0.4) is 0 Å². The Bertz CT molecular complexity index is 903. The molecule has 4 rings (SSSR count). The maximum Gasteiger partial charge on any atom is 0.178 e. The molecule has 1 aliphatic heterocycles. The molecule has 3 aromatic rings. The number of morpholine rings is 1. The lowest BCUT2D eigenvalue weighted by atomic mass is 10.1. The number of carbonyl (C=O) groups is 1. The Morgan fingerprint density at radius 3 is 3.08 bits per heavy atom. The normalized spacial score (nSPS) is 18.0. The number of hydrogen-bond donors (Lipinski definition) is 3. The summed E-state index contributed by atoms with van der Waals surface area (Å²) >= 11 is 0. The van der Waals surface area contributed by atoms with Gasteiger partial charge in [0.2, 0.25) is 0 Å². The number of nitrogens with one attached hydrogen (secondary N) is 2. The average Bonchev–Trinajstić information content (AvgIpc) is 3.29. The Hall–Kier alpha value is -2.78. The zero-order chi connectivity index (χ0) is 17.4. The fourth-order valence-corrected chi connectivity index (χ4v) is 3.10. The molecule has 1 unspecified atom stereocenters. The first kappa shape index (κ1) is 15.7. The summed E-state index contributed by atoms with van der Waals surface area (Å²) in [5.41, 5.74) is 8.55. The molecule has 1 fully saturated rings. The fourth-order valence-electron chi connectivity index (χ4n) is 3.10. The number of Topliss-reactive ketones (excluding diaryl/α,β-unsaturated/α-hetero) is 1. The van der Waals surface area contributed by atoms with Gasteiger partial charge in [-0.15, -0.1) is 0 Å². The summed E-state index contributed by atoms with van der Waals surface area (Å²) in [6.07, 6.45) is 1.72. The van der Waals surface area contributed by atoms with Crippen LogP contribution < -0.4 is 10.6 Å². The summed E-state index contributed by atoms with van der Waals surface area (Å²) in [6, 6.07) is 3.76. The van der Waals surface area contributed by atoms with Gasteiger partial charge >= 0.3 is 0 Å². The highest BCUT2D eigenvalue weighted by atomic mass is 16.5. The maximum absolute atomic E-state index is 12.4. The van der Waals surface area contributed by atoms with Crippen LogP contribution in [0.1, 0.15) is 17.3 Å². The van der Waals surface area contributed by atoms with E-state index in [2.05, 4.69) is 32.2 Å². The predicted octanol–water partition coefficient (Wildman–Crippen LogP) is 0.714. The summed E-state index contributed by atoms with van der Waals surface area (Å²) in [6.45, 7) is 3.96. The van der Waals surface area contributed by atoms with Gasteiger partial charge in [-0.05, 0) is 19.1 Å². The number of anilines is 1. The van der Waals surface area contributed by atoms with Crippen molar-refractivity contribution in [3.8, 4) is 11.4 Å². The van der Waals surface area contributed by atoms with E-state index >= 15 is 0 Å². The molecular formula is C16H19N7O2. The van der Waals surface area contributed by atoms with Gasteiger partial charge in [-0.25, -0.2) is 4.98 Å². The highest BCUT2D eigenvalue weighted by Crippen LogP contribution is 2.29. The number of ether oxygens (including phenoxy) is 1. The van der Waals surface area contributed by atoms with Crippen LogP contribution in [0.5, 0.6) is 0 Å². The predicted molar refractivity (Wildman–Crippen MR) is 92.5 cm³/mol. The summed E-state index contributed by atoms with van der Waals surface area (Å²) < 4.78 is 5.50. The Balaban J connectivity index is 1.91. The van der Waals surface area contributed by atoms with E-state index in [1.807, 2.05) is 6.07 Å². The van der Waals surface area contributed by atoms with Gasteiger partial charge in [0.15, 0.2) is 5.78 Å². The van der Waals surface area contributed by atoms with Gasteiger partial charge in [0.1, 0.15) is 22.7 Å². The van der Waals surface area contributed by atoms with Crippen molar-refractivity contribution in [3.05, 3.63) is 23.9 Å². The summed E-state index contributed by atoms with van der Waals surface area (Å²) in [5, 5.41) is 14.2. The number of hydrogen-bond acceptors (Lipinski definition) is 7. The lowest BCUT2D eigenvalue weighted by Gasteiger charge is -2.34. The molecule has 4 heterocycles. The molecule has 0 saturated carbocycles. The number of nitrogens with two attached hydrogens (primary N) is 1. The molecule has 0 amide bonds. The number of carbonyl (C=O) groups excluding carboxylic acids is 1. The van der Waals surface area contributed by atoms with Crippen molar-refractivity contribution >= 4 is 22.6 Å². The number of fused-ring (bicyclic) bond motifs is 1. The lowest BCUT2D eigenvalue weighted by molar-refractivity contribution is 0.0984. The molecule has 25 heavy (non-hydrogen) atoms. The van der Waals surface area contributed by atoms with Gasteiger partial charge in [0, 0.05) is 18.3 Å².